The van der Waals surface area contributed by atoms with E-state index >= 15 is 0 Å². The van der Waals surface area contributed by atoms with Crippen LogP contribution in [-0.4, -0.2) is 11.9 Å². The number of rotatable bonds is 4. The molecule has 0 aromatic heterocycles. The molecule has 3 rings (SSSR count). The first kappa shape index (κ1) is 17.7. The van der Waals surface area contributed by atoms with Crippen LogP contribution in [0.3, 0.4) is 0 Å². The molecule has 1 atom stereocenters. The first-order valence-electron chi connectivity index (χ1n) is 9.13. The summed E-state index contributed by atoms with van der Waals surface area (Å²) >= 11 is 0. The summed E-state index contributed by atoms with van der Waals surface area (Å²) in [5.74, 6) is 0. The van der Waals surface area contributed by atoms with E-state index in [1.807, 2.05) is 0 Å². The number of fused-ring (bicyclic) bond motifs is 1. The Kier molecular flexibility index (Phi) is 4.96. The van der Waals surface area contributed by atoms with E-state index in [1.54, 1.807) is 0 Å². The summed E-state index contributed by atoms with van der Waals surface area (Å²) in [6, 6.07) is 24.7. The second-order valence-corrected chi connectivity index (χ2v) is 8.10. The topological polar surface area (TPSA) is 3.24 Å². The Morgan fingerprint density at radius 1 is 0.840 bits per heavy atom. The van der Waals surface area contributed by atoms with Gasteiger partial charge in [-0.2, -0.15) is 0 Å². The zero-order valence-electron chi connectivity index (χ0n) is 16.1. The van der Waals surface area contributed by atoms with Crippen molar-refractivity contribution < 1.29 is 0 Å². The van der Waals surface area contributed by atoms with Gasteiger partial charge in [-0.3, -0.25) is 4.90 Å². The zero-order chi connectivity index (χ0) is 18.0. The Balaban J connectivity index is 1.79. The van der Waals surface area contributed by atoms with Gasteiger partial charge in [0.1, 0.15) is 0 Å². The summed E-state index contributed by atoms with van der Waals surface area (Å²) in [5, 5.41) is 2.67. The van der Waals surface area contributed by atoms with E-state index in [0.717, 1.165) is 6.54 Å². The maximum absolute atomic E-state index is 2.42. The van der Waals surface area contributed by atoms with Crippen LogP contribution in [0.2, 0.25) is 0 Å². The highest BCUT2D eigenvalue weighted by Gasteiger charge is 2.16. The van der Waals surface area contributed by atoms with Crippen LogP contribution in [0.15, 0.2) is 66.7 Å². The van der Waals surface area contributed by atoms with E-state index in [0.29, 0.717) is 6.04 Å². The molecular weight excluding hydrogens is 302 g/mol. The van der Waals surface area contributed by atoms with Gasteiger partial charge in [0.2, 0.25) is 0 Å². The van der Waals surface area contributed by atoms with E-state index in [4.69, 9.17) is 0 Å². The van der Waals surface area contributed by atoms with Crippen LogP contribution >= 0.6 is 0 Å². The molecule has 0 heterocycles. The Morgan fingerprint density at radius 2 is 1.48 bits per heavy atom. The summed E-state index contributed by atoms with van der Waals surface area (Å²) in [7, 11) is 2.21. The monoisotopic (exact) mass is 331 g/mol. The molecule has 0 unspecified atom stereocenters. The maximum Gasteiger partial charge on any atom is 0.0320 e. The molecule has 3 aromatic carbocycles. The quantitative estimate of drug-likeness (QED) is 0.540. The summed E-state index contributed by atoms with van der Waals surface area (Å²) in [6.07, 6.45) is 0. The molecule has 0 aliphatic rings. The molecule has 0 aliphatic heterocycles. The van der Waals surface area contributed by atoms with Crippen LogP contribution in [0, 0.1) is 0 Å². The minimum atomic E-state index is 0.205. The molecule has 0 N–H and O–H groups in total. The molecule has 0 saturated carbocycles. The Labute approximate surface area is 152 Å². The van der Waals surface area contributed by atoms with Gasteiger partial charge >= 0.3 is 0 Å². The van der Waals surface area contributed by atoms with E-state index < -0.39 is 0 Å². The van der Waals surface area contributed by atoms with Crippen molar-refractivity contribution >= 4 is 10.8 Å². The fourth-order valence-electron chi connectivity index (χ4n) is 3.35. The third-order valence-corrected chi connectivity index (χ3v) is 5.22. The molecule has 0 fully saturated rings. The van der Waals surface area contributed by atoms with Gasteiger partial charge in [-0.15, -0.1) is 0 Å². The third kappa shape index (κ3) is 3.93. The SMILES string of the molecule is C[C@H](c1ccc(C(C)(C)C)cc1)N(C)Cc1cccc2ccccc12. The molecule has 0 spiro atoms. The molecular formula is C24H29N. The van der Waals surface area contributed by atoms with Crippen molar-refractivity contribution in [1.29, 1.82) is 0 Å². The first-order valence-corrected chi connectivity index (χ1v) is 9.13. The molecule has 1 nitrogen and oxygen atoms in total. The number of hydrogen-bond donors (Lipinski definition) is 0. The molecule has 0 bridgehead atoms. The fourth-order valence-corrected chi connectivity index (χ4v) is 3.35. The molecule has 0 radical (unpaired) electrons. The van der Waals surface area contributed by atoms with Gasteiger partial charge in [0.25, 0.3) is 0 Å². The smallest absolute Gasteiger partial charge is 0.0320 e. The molecule has 25 heavy (non-hydrogen) atoms. The van der Waals surface area contributed by atoms with Crippen molar-refractivity contribution in [3.63, 3.8) is 0 Å². The Bertz CT molecular complexity index is 835. The highest BCUT2D eigenvalue weighted by Crippen LogP contribution is 2.27. The number of benzene rings is 3. The Morgan fingerprint density at radius 3 is 2.16 bits per heavy atom. The van der Waals surface area contributed by atoms with Crippen molar-refractivity contribution in [3.05, 3.63) is 83.4 Å². The van der Waals surface area contributed by atoms with E-state index in [1.165, 1.54) is 27.5 Å². The lowest BCUT2D eigenvalue weighted by Crippen LogP contribution is -2.22. The van der Waals surface area contributed by atoms with Crippen molar-refractivity contribution in [2.75, 3.05) is 7.05 Å². The van der Waals surface area contributed by atoms with Gasteiger partial charge < -0.3 is 0 Å². The molecule has 0 saturated heterocycles. The van der Waals surface area contributed by atoms with Crippen LogP contribution in [0.4, 0.5) is 0 Å². The summed E-state index contributed by atoms with van der Waals surface area (Å²) in [5.41, 5.74) is 4.35. The standard InChI is InChI=1S/C24H29N/c1-18(19-13-15-22(16-14-19)24(2,3)4)25(5)17-21-11-8-10-20-9-6-7-12-23(20)21/h6-16,18H,17H2,1-5H3/t18-/m1/s1. The second kappa shape index (κ2) is 7.01. The summed E-state index contributed by atoms with van der Waals surface area (Å²) < 4.78 is 0. The average Bonchev–Trinajstić information content (AvgIpc) is 2.61. The molecule has 0 amide bonds. The van der Waals surface area contributed by atoms with Crippen molar-refractivity contribution in [2.45, 2.75) is 45.7 Å². The van der Waals surface area contributed by atoms with Gasteiger partial charge in [0, 0.05) is 12.6 Å². The minimum Gasteiger partial charge on any atom is -0.295 e. The lowest BCUT2D eigenvalue weighted by atomic mass is 9.86. The van der Waals surface area contributed by atoms with Crippen LogP contribution in [0.1, 0.15) is 50.4 Å². The van der Waals surface area contributed by atoms with Crippen LogP contribution in [-0.2, 0) is 12.0 Å². The largest absolute Gasteiger partial charge is 0.295 e. The van der Waals surface area contributed by atoms with Crippen LogP contribution in [0.25, 0.3) is 10.8 Å². The van der Waals surface area contributed by atoms with Gasteiger partial charge in [-0.1, -0.05) is 87.5 Å². The van der Waals surface area contributed by atoms with Crippen molar-refractivity contribution in [1.82, 2.24) is 4.90 Å². The predicted molar refractivity (Wildman–Crippen MR) is 109 cm³/mol. The molecule has 0 aliphatic carbocycles. The predicted octanol–water partition coefficient (Wildman–Crippen LogP) is 6.33. The average molecular weight is 332 g/mol. The third-order valence-electron chi connectivity index (χ3n) is 5.22. The van der Waals surface area contributed by atoms with Crippen LogP contribution < -0.4 is 0 Å². The Hall–Kier alpha value is -2.12. The van der Waals surface area contributed by atoms with Crippen molar-refractivity contribution in [3.8, 4) is 0 Å². The van der Waals surface area contributed by atoms with E-state index in [9.17, 15) is 0 Å². The summed E-state index contributed by atoms with van der Waals surface area (Å²) in [6.45, 7) is 10.0. The minimum absolute atomic E-state index is 0.205. The normalized spacial score (nSPS) is 13.4. The number of nitrogens with zero attached hydrogens (tertiary/aromatic N) is 1. The van der Waals surface area contributed by atoms with Crippen molar-refractivity contribution in [2.24, 2.45) is 0 Å². The zero-order valence-corrected chi connectivity index (χ0v) is 16.1. The summed E-state index contributed by atoms with van der Waals surface area (Å²) in [4.78, 5) is 2.42. The highest BCUT2D eigenvalue weighted by molar-refractivity contribution is 5.85. The van der Waals surface area contributed by atoms with Gasteiger partial charge in [0.15, 0.2) is 0 Å². The second-order valence-electron chi connectivity index (χ2n) is 8.10. The number of hydrogen-bond acceptors (Lipinski definition) is 1. The molecule has 130 valence electrons. The van der Waals surface area contributed by atoms with E-state index in [-0.39, 0.29) is 5.41 Å². The van der Waals surface area contributed by atoms with Gasteiger partial charge in [-0.25, -0.2) is 0 Å². The maximum atomic E-state index is 2.42. The van der Waals surface area contributed by atoms with Gasteiger partial charge in [-0.05, 0) is 46.8 Å². The first-order chi connectivity index (χ1) is 11.9. The van der Waals surface area contributed by atoms with E-state index in [2.05, 4.69) is 106 Å². The van der Waals surface area contributed by atoms with Gasteiger partial charge in [0.05, 0.1) is 0 Å². The molecule has 3 aromatic rings. The lowest BCUT2D eigenvalue weighted by Gasteiger charge is -2.27. The van der Waals surface area contributed by atoms with Crippen LogP contribution in [0.5, 0.6) is 0 Å². The highest BCUT2D eigenvalue weighted by atomic mass is 15.1. The molecule has 1 heteroatoms. The fraction of sp³-hybridized carbons (Fsp3) is 0.333. The lowest BCUT2D eigenvalue weighted by molar-refractivity contribution is 0.254.